The number of aryl methyl sites for hydroxylation is 1. The number of nitrogens with one attached hydrogen (secondary N) is 1. The number of hydrogen-bond donors (Lipinski definition) is 1. The van der Waals surface area contributed by atoms with Gasteiger partial charge in [-0.2, -0.15) is 0 Å². The van der Waals surface area contributed by atoms with Crippen LogP contribution in [0.3, 0.4) is 0 Å². The zero-order valence-electron chi connectivity index (χ0n) is 11.5. The molecule has 5 nitrogen and oxygen atoms in total. The second kappa shape index (κ2) is 5.58. The molecule has 0 aliphatic heterocycles. The van der Waals surface area contributed by atoms with Crippen molar-refractivity contribution in [2.45, 2.75) is 6.92 Å². The molecule has 0 radical (unpaired) electrons. The van der Waals surface area contributed by atoms with Gasteiger partial charge in [-0.3, -0.25) is 9.36 Å². The summed E-state index contributed by atoms with van der Waals surface area (Å²) in [4.78, 5) is 20.3. The number of anilines is 1. The summed E-state index contributed by atoms with van der Waals surface area (Å²) in [6, 6.07) is 11.2. The van der Waals surface area contributed by atoms with Gasteiger partial charge in [0.15, 0.2) is 0 Å². The highest BCUT2D eigenvalue weighted by molar-refractivity contribution is 6.04. The SMILES string of the molecule is Cc1ccc(NC(=O)c2ccc(-n3ccnc3)nc2)cc1. The van der Waals surface area contributed by atoms with Gasteiger partial charge in [0.05, 0.1) is 5.56 Å². The number of hydrogen-bond acceptors (Lipinski definition) is 3. The first-order chi connectivity index (χ1) is 10.2. The van der Waals surface area contributed by atoms with Crippen LogP contribution in [0.5, 0.6) is 0 Å². The van der Waals surface area contributed by atoms with Gasteiger partial charge in [0.2, 0.25) is 0 Å². The Kier molecular flexibility index (Phi) is 3.47. The minimum Gasteiger partial charge on any atom is -0.322 e. The third-order valence-corrected chi connectivity index (χ3v) is 3.09. The van der Waals surface area contributed by atoms with Gasteiger partial charge in [-0.15, -0.1) is 0 Å². The summed E-state index contributed by atoms with van der Waals surface area (Å²) in [5.41, 5.74) is 2.43. The minimum atomic E-state index is -0.177. The molecule has 0 fully saturated rings. The smallest absolute Gasteiger partial charge is 0.257 e. The van der Waals surface area contributed by atoms with Gasteiger partial charge in [0.1, 0.15) is 12.1 Å². The predicted molar refractivity (Wildman–Crippen MR) is 80.5 cm³/mol. The maximum Gasteiger partial charge on any atom is 0.257 e. The molecule has 3 aromatic rings. The summed E-state index contributed by atoms with van der Waals surface area (Å²) in [6.07, 6.45) is 6.70. The van der Waals surface area contributed by atoms with Crippen LogP contribution in [-0.2, 0) is 0 Å². The average Bonchev–Trinajstić information content (AvgIpc) is 3.04. The molecule has 5 heteroatoms. The van der Waals surface area contributed by atoms with Crippen LogP contribution in [-0.4, -0.2) is 20.4 Å². The lowest BCUT2D eigenvalue weighted by molar-refractivity contribution is 0.102. The number of amides is 1. The second-order valence-corrected chi connectivity index (χ2v) is 4.70. The maximum atomic E-state index is 12.1. The monoisotopic (exact) mass is 278 g/mol. The predicted octanol–water partition coefficient (Wildman–Crippen LogP) is 2.83. The highest BCUT2D eigenvalue weighted by Gasteiger charge is 2.07. The molecule has 0 saturated heterocycles. The van der Waals surface area contributed by atoms with Gasteiger partial charge < -0.3 is 5.32 Å². The van der Waals surface area contributed by atoms with Gasteiger partial charge in [0, 0.05) is 24.3 Å². The van der Waals surface area contributed by atoms with E-state index in [0.717, 1.165) is 17.1 Å². The minimum absolute atomic E-state index is 0.177. The summed E-state index contributed by atoms with van der Waals surface area (Å²) < 4.78 is 1.78. The van der Waals surface area contributed by atoms with Crippen molar-refractivity contribution in [3.8, 4) is 5.82 Å². The van der Waals surface area contributed by atoms with Crippen LogP contribution < -0.4 is 5.32 Å². The fraction of sp³-hybridized carbons (Fsp3) is 0.0625. The molecule has 21 heavy (non-hydrogen) atoms. The molecule has 2 heterocycles. The lowest BCUT2D eigenvalue weighted by atomic mass is 10.2. The standard InChI is InChI=1S/C16H14N4O/c1-12-2-5-14(6-3-12)19-16(21)13-4-7-15(18-10-13)20-9-8-17-11-20/h2-11H,1H3,(H,19,21). The highest BCUT2D eigenvalue weighted by Crippen LogP contribution is 2.11. The van der Waals surface area contributed by atoms with Crippen LogP contribution >= 0.6 is 0 Å². The number of pyridine rings is 1. The molecule has 1 aromatic carbocycles. The largest absolute Gasteiger partial charge is 0.322 e. The maximum absolute atomic E-state index is 12.1. The lowest BCUT2D eigenvalue weighted by Gasteiger charge is -2.06. The Balaban J connectivity index is 1.74. The molecule has 2 aromatic heterocycles. The van der Waals surface area contributed by atoms with E-state index in [1.54, 1.807) is 41.6 Å². The Bertz CT molecular complexity index is 731. The van der Waals surface area contributed by atoms with Crippen LogP contribution in [0.15, 0.2) is 61.3 Å². The number of nitrogens with zero attached hydrogens (tertiary/aromatic N) is 3. The summed E-state index contributed by atoms with van der Waals surface area (Å²) >= 11 is 0. The molecule has 0 aliphatic carbocycles. The first-order valence-corrected chi connectivity index (χ1v) is 6.55. The van der Waals surface area contributed by atoms with Gasteiger partial charge >= 0.3 is 0 Å². The van der Waals surface area contributed by atoms with Crippen LogP contribution in [0.1, 0.15) is 15.9 Å². The van der Waals surface area contributed by atoms with Crippen molar-refractivity contribution < 1.29 is 4.79 Å². The molecular formula is C16H14N4O. The van der Waals surface area contributed by atoms with Crippen molar-refractivity contribution in [2.24, 2.45) is 0 Å². The van der Waals surface area contributed by atoms with E-state index in [9.17, 15) is 4.79 Å². The number of benzene rings is 1. The number of imidazole rings is 1. The lowest BCUT2D eigenvalue weighted by Crippen LogP contribution is -2.12. The van der Waals surface area contributed by atoms with E-state index in [0.29, 0.717) is 5.56 Å². The fourth-order valence-corrected chi connectivity index (χ4v) is 1.91. The Hall–Kier alpha value is -2.95. The van der Waals surface area contributed by atoms with Crippen molar-refractivity contribution in [3.05, 3.63) is 72.4 Å². The first kappa shape index (κ1) is 13.1. The molecule has 0 spiro atoms. The van der Waals surface area contributed by atoms with E-state index in [1.807, 2.05) is 31.2 Å². The van der Waals surface area contributed by atoms with Gasteiger partial charge in [0.25, 0.3) is 5.91 Å². The average molecular weight is 278 g/mol. The van der Waals surface area contributed by atoms with Crippen LogP contribution in [0.2, 0.25) is 0 Å². The number of carbonyl (C=O) groups is 1. The quantitative estimate of drug-likeness (QED) is 0.801. The van der Waals surface area contributed by atoms with E-state index in [2.05, 4.69) is 15.3 Å². The Morgan fingerprint density at radius 2 is 1.95 bits per heavy atom. The molecule has 0 atom stereocenters. The zero-order chi connectivity index (χ0) is 14.7. The number of carbonyl (C=O) groups excluding carboxylic acids is 1. The Morgan fingerprint density at radius 3 is 2.57 bits per heavy atom. The molecule has 104 valence electrons. The van der Waals surface area contributed by atoms with E-state index in [1.165, 1.54) is 0 Å². The van der Waals surface area contributed by atoms with Crippen molar-refractivity contribution in [1.29, 1.82) is 0 Å². The van der Waals surface area contributed by atoms with Gasteiger partial charge in [-0.25, -0.2) is 9.97 Å². The summed E-state index contributed by atoms with van der Waals surface area (Å²) in [5, 5.41) is 2.84. The molecule has 1 amide bonds. The molecule has 0 saturated carbocycles. The second-order valence-electron chi connectivity index (χ2n) is 4.70. The first-order valence-electron chi connectivity index (χ1n) is 6.55. The molecular weight excluding hydrogens is 264 g/mol. The topological polar surface area (TPSA) is 59.8 Å². The molecule has 0 aliphatic rings. The van der Waals surface area contributed by atoms with Crippen LogP contribution in [0.25, 0.3) is 5.82 Å². The van der Waals surface area contributed by atoms with E-state index in [4.69, 9.17) is 0 Å². The molecule has 1 N–H and O–H groups in total. The molecule has 0 unspecified atom stereocenters. The number of rotatable bonds is 3. The van der Waals surface area contributed by atoms with Crippen LogP contribution in [0, 0.1) is 6.92 Å². The highest BCUT2D eigenvalue weighted by atomic mass is 16.1. The third-order valence-electron chi connectivity index (χ3n) is 3.09. The van der Waals surface area contributed by atoms with Crippen molar-refractivity contribution in [2.75, 3.05) is 5.32 Å². The summed E-state index contributed by atoms with van der Waals surface area (Å²) in [5.74, 6) is 0.544. The number of aromatic nitrogens is 3. The third kappa shape index (κ3) is 2.97. The molecule has 3 rings (SSSR count). The Morgan fingerprint density at radius 1 is 1.14 bits per heavy atom. The normalized spacial score (nSPS) is 10.3. The van der Waals surface area contributed by atoms with E-state index in [-0.39, 0.29) is 5.91 Å². The Labute approximate surface area is 122 Å². The van der Waals surface area contributed by atoms with Crippen LogP contribution in [0.4, 0.5) is 5.69 Å². The summed E-state index contributed by atoms with van der Waals surface area (Å²) in [6.45, 7) is 2.00. The van der Waals surface area contributed by atoms with Crippen molar-refractivity contribution in [3.63, 3.8) is 0 Å². The van der Waals surface area contributed by atoms with Crippen molar-refractivity contribution >= 4 is 11.6 Å². The van der Waals surface area contributed by atoms with Gasteiger partial charge in [-0.05, 0) is 31.2 Å². The van der Waals surface area contributed by atoms with Crippen molar-refractivity contribution in [1.82, 2.24) is 14.5 Å². The van der Waals surface area contributed by atoms with E-state index < -0.39 is 0 Å². The molecule has 0 bridgehead atoms. The summed E-state index contributed by atoms with van der Waals surface area (Å²) in [7, 11) is 0. The zero-order valence-corrected chi connectivity index (χ0v) is 11.5. The van der Waals surface area contributed by atoms with Gasteiger partial charge in [-0.1, -0.05) is 17.7 Å². The van der Waals surface area contributed by atoms with E-state index >= 15 is 0 Å². The fourth-order valence-electron chi connectivity index (χ4n) is 1.91.